The number of fused-ring (bicyclic) bond motifs is 5. The molecule has 4 rings (SSSR count). The summed E-state index contributed by atoms with van der Waals surface area (Å²) in [6.07, 6.45) is 11.1. The molecule has 1 saturated heterocycles. The van der Waals surface area contributed by atoms with E-state index in [1.165, 1.54) is 32.1 Å². The van der Waals surface area contributed by atoms with Gasteiger partial charge in [-0.2, -0.15) is 0 Å². The van der Waals surface area contributed by atoms with E-state index in [9.17, 15) is 4.79 Å². The van der Waals surface area contributed by atoms with Gasteiger partial charge in [-0.1, -0.05) is 25.0 Å². The molecule has 1 amide bonds. The summed E-state index contributed by atoms with van der Waals surface area (Å²) in [6, 6.07) is 0.595. The first-order chi connectivity index (χ1) is 7.84. The summed E-state index contributed by atoms with van der Waals surface area (Å²) in [6.45, 7) is 1.07. The Morgan fingerprint density at radius 2 is 1.88 bits per heavy atom. The molecule has 0 aromatic rings. The van der Waals surface area contributed by atoms with Crippen LogP contribution in [0.4, 0.5) is 0 Å². The Balaban J connectivity index is 1.60. The highest BCUT2D eigenvalue weighted by atomic mass is 16.2. The number of likely N-dealkylation sites (tertiary alicyclic amines) is 1. The molecule has 16 heavy (non-hydrogen) atoms. The second-order valence-corrected chi connectivity index (χ2v) is 6.07. The van der Waals surface area contributed by atoms with Crippen LogP contribution >= 0.6 is 0 Å². The topological polar surface area (TPSA) is 20.3 Å². The minimum Gasteiger partial charge on any atom is -0.339 e. The molecule has 1 heterocycles. The zero-order valence-electron chi connectivity index (χ0n) is 9.64. The van der Waals surface area contributed by atoms with E-state index in [2.05, 4.69) is 17.1 Å². The van der Waals surface area contributed by atoms with Crippen molar-refractivity contribution in [2.24, 2.45) is 23.7 Å². The molecule has 2 nitrogen and oxygen atoms in total. The van der Waals surface area contributed by atoms with Gasteiger partial charge in [0, 0.05) is 18.5 Å². The number of nitrogens with zero attached hydrogens (tertiary/aromatic N) is 1. The number of hydrogen-bond donors (Lipinski definition) is 0. The smallest absolute Gasteiger partial charge is 0.226 e. The van der Waals surface area contributed by atoms with E-state index in [0.29, 0.717) is 29.7 Å². The molecular formula is C14H19NO. The fourth-order valence-corrected chi connectivity index (χ4v) is 4.59. The average Bonchev–Trinajstić information content (AvgIpc) is 2.97. The number of allylic oxidation sites excluding steroid dienone is 2. The minimum atomic E-state index is 0.371. The lowest BCUT2D eigenvalue weighted by Crippen LogP contribution is -2.36. The van der Waals surface area contributed by atoms with Crippen molar-refractivity contribution in [2.75, 3.05) is 6.54 Å². The van der Waals surface area contributed by atoms with Crippen LogP contribution in [0.25, 0.3) is 0 Å². The van der Waals surface area contributed by atoms with Crippen molar-refractivity contribution in [1.29, 1.82) is 0 Å². The predicted octanol–water partition coefficient (Wildman–Crippen LogP) is 2.21. The highest BCUT2D eigenvalue weighted by Crippen LogP contribution is 2.52. The maximum Gasteiger partial charge on any atom is 0.226 e. The van der Waals surface area contributed by atoms with Crippen LogP contribution in [-0.2, 0) is 4.79 Å². The Labute approximate surface area is 96.7 Å². The summed E-state index contributed by atoms with van der Waals surface area (Å²) in [5, 5.41) is 0. The molecule has 4 atom stereocenters. The molecule has 4 unspecified atom stereocenters. The predicted molar refractivity (Wildman–Crippen MR) is 61.7 cm³/mol. The largest absolute Gasteiger partial charge is 0.339 e. The summed E-state index contributed by atoms with van der Waals surface area (Å²) in [4.78, 5) is 14.7. The SMILES string of the molecule is O=C1C2C3C=CC(C3)C2CN1C1CCCC1. The fourth-order valence-electron chi connectivity index (χ4n) is 4.59. The van der Waals surface area contributed by atoms with Crippen LogP contribution in [0.1, 0.15) is 32.1 Å². The molecule has 86 valence electrons. The Bertz CT molecular complexity index is 356. The van der Waals surface area contributed by atoms with Gasteiger partial charge in [-0.3, -0.25) is 4.79 Å². The number of carbonyl (C=O) groups excluding carboxylic acids is 1. The van der Waals surface area contributed by atoms with Crippen LogP contribution in [0.3, 0.4) is 0 Å². The second-order valence-electron chi connectivity index (χ2n) is 6.07. The molecule has 3 fully saturated rings. The molecular weight excluding hydrogens is 198 g/mol. The first kappa shape index (κ1) is 9.26. The zero-order chi connectivity index (χ0) is 10.7. The Hall–Kier alpha value is -0.790. The molecule has 2 bridgehead atoms. The summed E-state index contributed by atoms with van der Waals surface area (Å²) in [7, 11) is 0. The van der Waals surface area contributed by atoms with E-state index in [0.717, 1.165) is 12.5 Å². The third-order valence-electron chi connectivity index (χ3n) is 5.36. The Morgan fingerprint density at radius 3 is 2.62 bits per heavy atom. The quantitative estimate of drug-likeness (QED) is 0.617. The summed E-state index contributed by atoms with van der Waals surface area (Å²) < 4.78 is 0. The van der Waals surface area contributed by atoms with Gasteiger partial charge in [-0.05, 0) is 37.0 Å². The molecule has 1 aliphatic heterocycles. The van der Waals surface area contributed by atoms with Gasteiger partial charge in [0.1, 0.15) is 0 Å². The van der Waals surface area contributed by atoms with Gasteiger partial charge in [0.25, 0.3) is 0 Å². The molecule has 0 aromatic heterocycles. The van der Waals surface area contributed by atoms with E-state index >= 15 is 0 Å². The molecule has 2 heteroatoms. The van der Waals surface area contributed by atoms with Crippen molar-refractivity contribution < 1.29 is 4.79 Å². The van der Waals surface area contributed by atoms with Crippen LogP contribution < -0.4 is 0 Å². The van der Waals surface area contributed by atoms with Crippen molar-refractivity contribution in [1.82, 2.24) is 4.90 Å². The monoisotopic (exact) mass is 217 g/mol. The van der Waals surface area contributed by atoms with Crippen molar-refractivity contribution in [3.8, 4) is 0 Å². The molecule has 0 radical (unpaired) electrons. The second kappa shape index (κ2) is 3.12. The number of rotatable bonds is 1. The van der Waals surface area contributed by atoms with Crippen LogP contribution in [0, 0.1) is 23.7 Å². The first-order valence-electron chi connectivity index (χ1n) is 6.83. The van der Waals surface area contributed by atoms with E-state index < -0.39 is 0 Å². The van der Waals surface area contributed by atoms with E-state index in [1.807, 2.05) is 0 Å². The van der Waals surface area contributed by atoms with Crippen molar-refractivity contribution >= 4 is 5.91 Å². The van der Waals surface area contributed by atoms with E-state index in [-0.39, 0.29) is 0 Å². The van der Waals surface area contributed by atoms with E-state index in [1.54, 1.807) is 0 Å². The van der Waals surface area contributed by atoms with Gasteiger partial charge >= 0.3 is 0 Å². The average molecular weight is 217 g/mol. The third kappa shape index (κ3) is 1.05. The molecule has 0 aromatic carbocycles. The third-order valence-corrected chi connectivity index (χ3v) is 5.36. The molecule has 2 saturated carbocycles. The Kier molecular flexibility index (Phi) is 1.80. The van der Waals surface area contributed by atoms with Gasteiger partial charge in [-0.15, -0.1) is 0 Å². The number of amides is 1. The lowest BCUT2D eigenvalue weighted by Gasteiger charge is -2.25. The highest BCUT2D eigenvalue weighted by molar-refractivity contribution is 5.83. The molecule has 0 N–H and O–H groups in total. The van der Waals surface area contributed by atoms with Gasteiger partial charge in [0.05, 0.1) is 0 Å². The van der Waals surface area contributed by atoms with Crippen molar-refractivity contribution in [3.63, 3.8) is 0 Å². The lowest BCUT2D eigenvalue weighted by atomic mass is 9.86. The minimum absolute atomic E-state index is 0.371. The standard InChI is InChI=1S/C14H19NO/c16-14-13-10-6-5-9(7-10)12(13)8-15(14)11-3-1-2-4-11/h5-6,9-13H,1-4,7-8H2. The van der Waals surface area contributed by atoms with Gasteiger partial charge in [0.2, 0.25) is 5.91 Å². The molecule has 0 spiro atoms. The Morgan fingerprint density at radius 1 is 1.12 bits per heavy atom. The van der Waals surface area contributed by atoms with E-state index in [4.69, 9.17) is 0 Å². The van der Waals surface area contributed by atoms with Crippen molar-refractivity contribution in [2.45, 2.75) is 38.1 Å². The molecule has 4 aliphatic rings. The van der Waals surface area contributed by atoms with Crippen LogP contribution in [0.5, 0.6) is 0 Å². The first-order valence-corrected chi connectivity index (χ1v) is 6.83. The van der Waals surface area contributed by atoms with Gasteiger partial charge in [-0.25, -0.2) is 0 Å². The normalized spacial score (nSPS) is 46.0. The maximum absolute atomic E-state index is 12.5. The fraction of sp³-hybridized carbons (Fsp3) is 0.786. The summed E-state index contributed by atoms with van der Waals surface area (Å²) in [5.41, 5.74) is 0. The highest BCUT2D eigenvalue weighted by Gasteiger charge is 2.55. The van der Waals surface area contributed by atoms with Crippen LogP contribution in [-0.4, -0.2) is 23.4 Å². The maximum atomic E-state index is 12.5. The zero-order valence-corrected chi connectivity index (χ0v) is 9.64. The lowest BCUT2D eigenvalue weighted by molar-refractivity contribution is -0.133. The number of carbonyl (C=O) groups is 1. The summed E-state index contributed by atoms with van der Waals surface area (Å²) >= 11 is 0. The van der Waals surface area contributed by atoms with Crippen molar-refractivity contribution in [3.05, 3.63) is 12.2 Å². The van der Waals surface area contributed by atoms with Gasteiger partial charge < -0.3 is 4.90 Å². The number of hydrogen-bond acceptors (Lipinski definition) is 1. The van der Waals surface area contributed by atoms with Gasteiger partial charge in [0.15, 0.2) is 0 Å². The van der Waals surface area contributed by atoms with Crippen LogP contribution in [0.2, 0.25) is 0 Å². The van der Waals surface area contributed by atoms with Crippen LogP contribution in [0.15, 0.2) is 12.2 Å². The summed E-state index contributed by atoms with van der Waals surface area (Å²) in [5.74, 6) is 2.85. The molecule has 3 aliphatic carbocycles.